The molecule has 2 heterocycles. The van der Waals surface area contributed by atoms with Gasteiger partial charge in [0, 0.05) is 18.7 Å². The fourth-order valence-corrected chi connectivity index (χ4v) is 2.77. The second-order valence-corrected chi connectivity index (χ2v) is 7.69. The monoisotopic (exact) mass is 428 g/mol. The Kier molecular flexibility index (Phi) is 4.89. The number of rotatable bonds is 2. The number of hydrogen-bond acceptors (Lipinski definition) is 5. The summed E-state index contributed by atoms with van der Waals surface area (Å²) in [5, 5.41) is 12.4. The van der Waals surface area contributed by atoms with Gasteiger partial charge in [-0.05, 0) is 44.2 Å². The van der Waals surface area contributed by atoms with Crippen LogP contribution in [0.15, 0.2) is 33.9 Å². The van der Waals surface area contributed by atoms with Gasteiger partial charge < -0.3 is 0 Å². The van der Waals surface area contributed by atoms with Crippen molar-refractivity contribution in [3.63, 3.8) is 0 Å². The van der Waals surface area contributed by atoms with Crippen LogP contribution in [0.2, 0.25) is 5.02 Å². The van der Waals surface area contributed by atoms with E-state index in [1.807, 2.05) is 20.8 Å². The molecule has 2 aromatic heterocycles. The molecule has 29 heavy (non-hydrogen) atoms. The summed E-state index contributed by atoms with van der Waals surface area (Å²) in [6.45, 7) is 5.59. The van der Waals surface area contributed by atoms with Crippen LogP contribution in [-0.2, 0) is 18.8 Å². The van der Waals surface area contributed by atoms with Gasteiger partial charge in [0.05, 0.1) is 16.2 Å². The zero-order valence-corrected chi connectivity index (χ0v) is 16.6. The summed E-state index contributed by atoms with van der Waals surface area (Å²) in [7, 11) is 0.939. The molecular formula is C17H16ClF3N6O2. The third-order valence-electron chi connectivity index (χ3n) is 4.07. The van der Waals surface area contributed by atoms with Gasteiger partial charge in [-0.25, -0.2) is 9.36 Å². The van der Waals surface area contributed by atoms with Crippen LogP contribution in [0, 0.1) is 0 Å². The normalized spacial score (nSPS) is 12.4. The Bertz CT molecular complexity index is 1200. The summed E-state index contributed by atoms with van der Waals surface area (Å²) in [4.78, 5) is 26.1. The van der Waals surface area contributed by atoms with E-state index in [1.54, 1.807) is 0 Å². The maximum absolute atomic E-state index is 13.0. The SMILES string of the molecule is Cn1c(C(F)(F)F)cc(=O)n(-c2ccc(Cl)c(-c3nnn(C(C)(C)C)n3)c2)c1=O. The van der Waals surface area contributed by atoms with E-state index < -0.39 is 28.7 Å². The third kappa shape index (κ3) is 3.82. The highest BCUT2D eigenvalue weighted by molar-refractivity contribution is 6.33. The average Bonchev–Trinajstić information content (AvgIpc) is 3.09. The lowest BCUT2D eigenvalue weighted by molar-refractivity contribution is -0.144. The summed E-state index contributed by atoms with van der Waals surface area (Å²) in [5.74, 6) is 0.142. The Hall–Kier alpha value is -2.95. The Labute approximate surface area is 167 Å². The molecule has 0 atom stereocenters. The molecule has 0 aliphatic heterocycles. The molecule has 0 saturated heterocycles. The summed E-state index contributed by atoms with van der Waals surface area (Å²) < 4.78 is 40.1. The van der Waals surface area contributed by atoms with E-state index in [-0.39, 0.29) is 22.1 Å². The first-order chi connectivity index (χ1) is 13.3. The lowest BCUT2D eigenvalue weighted by Crippen LogP contribution is -2.40. The second-order valence-electron chi connectivity index (χ2n) is 7.28. The van der Waals surface area contributed by atoms with Gasteiger partial charge in [-0.1, -0.05) is 11.6 Å². The Morgan fingerprint density at radius 1 is 1.07 bits per heavy atom. The Balaban J connectivity index is 2.19. The first-order valence-electron chi connectivity index (χ1n) is 8.32. The fourth-order valence-electron chi connectivity index (χ4n) is 2.57. The van der Waals surface area contributed by atoms with Gasteiger partial charge in [0.25, 0.3) is 5.56 Å². The minimum Gasteiger partial charge on any atom is -0.292 e. The van der Waals surface area contributed by atoms with Crippen LogP contribution in [0.1, 0.15) is 26.5 Å². The van der Waals surface area contributed by atoms with E-state index in [0.29, 0.717) is 15.2 Å². The van der Waals surface area contributed by atoms with Crippen molar-refractivity contribution < 1.29 is 13.2 Å². The molecular weight excluding hydrogens is 413 g/mol. The molecule has 0 unspecified atom stereocenters. The van der Waals surface area contributed by atoms with Crippen LogP contribution in [-0.4, -0.2) is 29.3 Å². The quantitative estimate of drug-likeness (QED) is 0.626. The fraction of sp³-hybridized carbons (Fsp3) is 0.353. The lowest BCUT2D eigenvalue weighted by Gasteiger charge is -2.15. The average molecular weight is 429 g/mol. The first kappa shape index (κ1) is 20.8. The van der Waals surface area contributed by atoms with Gasteiger partial charge in [-0.2, -0.15) is 18.0 Å². The number of aromatic nitrogens is 6. The van der Waals surface area contributed by atoms with Crippen LogP contribution >= 0.6 is 11.6 Å². The lowest BCUT2D eigenvalue weighted by atomic mass is 10.1. The molecule has 0 aliphatic carbocycles. The molecule has 8 nitrogen and oxygen atoms in total. The number of halogens is 4. The Morgan fingerprint density at radius 3 is 2.28 bits per heavy atom. The molecule has 1 aromatic carbocycles. The number of nitrogens with zero attached hydrogens (tertiary/aromatic N) is 6. The van der Waals surface area contributed by atoms with Crippen molar-refractivity contribution in [2.24, 2.45) is 7.05 Å². The topological polar surface area (TPSA) is 87.6 Å². The molecule has 0 bridgehead atoms. The number of tetrazole rings is 1. The molecule has 12 heteroatoms. The molecule has 3 rings (SSSR count). The van der Waals surface area contributed by atoms with Crippen LogP contribution in [0.3, 0.4) is 0 Å². The third-order valence-corrected chi connectivity index (χ3v) is 4.40. The maximum Gasteiger partial charge on any atom is 0.431 e. The van der Waals surface area contributed by atoms with Crippen molar-refractivity contribution in [2.75, 3.05) is 0 Å². The molecule has 0 saturated carbocycles. The van der Waals surface area contributed by atoms with Crippen LogP contribution in [0.4, 0.5) is 13.2 Å². The molecule has 3 aromatic rings. The smallest absolute Gasteiger partial charge is 0.292 e. The van der Waals surface area contributed by atoms with E-state index in [2.05, 4.69) is 15.4 Å². The zero-order valence-electron chi connectivity index (χ0n) is 15.8. The first-order valence-corrected chi connectivity index (χ1v) is 8.69. The molecule has 154 valence electrons. The van der Waals surface area contributed by atoms with Crippen LogP contribution < -0.4 is 11.2 Å². The van der Waals surface area contributed by atoms with Gasteiger partial charge in [-0.15, -0.1) is 10.2 Å². The number of hydrogen-bond donors (Lipinski definition) is 0. The minimum atomic E-state index is -4.84. The highest BCUT2D eigenvalue weighted by atomic mass is 35.5. The van der Waals surface area contributed by atoms with Gasteiger partial charge in [0.15, 0.2) is 0 Å². The maximum atomic E-state index is 13.0. The zero-order chi connectivity index (χ0) is 21.7. The van der Waals surface area contributed by atoms with Gasteiger partial charge >= 0.3 is 11.9 Å². The highest BCUT2D eigenvalue weighted by Crippen LogP contribution is 2.29. The Morgan fingerprint density at radius 2 is 1.72 bits per heavy atom. The van der Waals surface area contributed by atoms with Crippen LogP contribution in [0.25, 0.3) is 17.1 Å². The largest absolute Gasteiger partial charge is 0.431 e. The van der Waals surface area contributed by atoms with Gasteiger partial charge in [-0.3, -0.25) is 9.36 Å². The molecule has 0 fully saturated rings. The van der Waals surface area contributed by atoms with Crippen molar-refractivity contribution in [3.05, 3.63) is 55.8 Å². The predicted molar refractivity (Wildman–Crippen MR) is 99.1 cm³/mol. The summed E-state index contributed by atoms with van der Waals surface area (Å²) in [6, 6.07) is 4.45. The number of benzene rings is 1. The molecule has 0 radical (unpaired) electrons. The van der Waals surface area contributed by atoms with Crippen molar-refractivity contribution in [1.29, 1.82) is 0 Å². The molecule has 0 spiro atoms. The van der Waals surface area contributed by atoms with Crippen molar-refractivity contribution in [3.8, 4) is 17.1 Å². The van der Waals surface area contributed by atoms with Crippen LogP contribution in [0.5, 0.6) is 0 Å². The van der Waals surface area contributed by atoms with E-state index >= 15 is 0 Å². The number of alkyl halides is 3. The minimum absolute atomic E-state index is 0.0239. The predicted octanol–water partition coefficient (Wildman–Crippen LogP) is 2.62. The van der Waals surface area contributed by atoms with Gasteiger partial charge in [0.2, 0.25) is 5.82 Å². The summed E-state index contributed by atoms with van der Waals surface area (Å²) in [6.07, 6.45) is -4.84. The van der Waals surface area contributed by atoms with Crippen molar-refractivity contribution in [1.82, 2.24) is 29.3 Å². The van der Waals surface area contributed by atoms with E-state index in [4.69, 9.17) is 11.6 Å². The van der Waals surface area contributed by atoms with E-state index in [9.17, 15) is 22.8 Å². The summed E-state index contributed by atoms with van der Waals surface area (Å²) in [5.41, 5.74) is -3.77. The van der Waals surface area contributed by atoms with Crippen molar-refractivity contribution >= 4 is 11.6 Å². The highest BCUT2D eigenvalue weighted by Gasteiger charge is 2.35. The summed E-state index contributed by atoms with van der Waals surface area (Å²) >= 11 is 6.20. The molecule has 0 amide bonds. The van der Waals surface area contributed by atoms with Gasteiger partial charge in [0.1, 0.15) is 5.69 Å². The van der Waals surface area contributed by atoms with E-state index in [0.717, 1.165) is 7.05 Å². The standard InChI is InChI=1S/C17H16ClF3N6O2/c1-16(2,3)27-23-14(22-24-27)10-7-9(5-6-11(10)18)26-13(28)8-12(17(19,20)21)25(4)15(26)29/h5-8H,1-4H3. The second kappa shape index (κ2) is 6.83. The van der Waals surface area contributed by atoms with Crippen molar-refractivity contribution in [2.45, 2.75) is 32.5 Å². The molecule has 0 N–H and O–H groups in total. The van der Waals surface area contributed by atoms with E-state index in [1.165, 1.54) is 23.0 Å². The molecule has 0 aliphatic rings.